The molecule has 0 fully saturated rings. The van der Waals surface area contributed by atoms with Crippen LogP contribution >= 0.6 is 0 Å². The maximum Gasteiger partial charge on any atom is 0.0946 e. The lowest BCUT2D eigenvalue weighted by atomic mass is 10.2. The van der Waals surface area contributed by atoms with Crippen molar-refractivity contribution in [2.24, 2.45) is 0 Å². The number of nitrogens with one attached hydrogen (secondary N) is 1. The summed E-state index contributed by atoms with van der Waals surface area (Å²) in [6, 6.07) is 4.14. The number of imidazole rings is 1. The molecule has 84 valence electrons. The predicted octanol–water partition coefficient (Wildman–Crippen LogP) is 1.38. The van der Waals surface area contributed by atoms with Crippen LogP contribution in [0.5, 0.6) is 0 Å². The summed E-state index contributed by atoms with van der Waals surface area (Å²) in [6.07, 6.45) is 7.51. The van der Waals surface area contributed by atoms with Crippen molar-refractivity contribution < 1.29 is 0 Å². The second kappa shape index (κ2) is 5.42. The number of rotatable bonds is 5. The Morgan fingerprint density at radius 1 is 1.38 bits per heavy atom. The van der Waals surface area contributed by atoms with Crippen LogP contribution in [0, 0.1) is 6.92 Å². The van der Waals surface area contributed by atoms with Gasteiger partial charge in [0.25, 0.3) is 0 Å². The average Bonchev–Trinajstić information content (AvgIpc) is 2.80. The fourth-order valence-electron chi connectivity index (χ4n) is 1.46. The molecule has 2 aromatic rings. The van der Waals surface area contributed by atoms with Crippen LogP contribution < -0.4 is 5.32 Å². The Bertz CT molecular complexity index is 405. The largest absolute Gasteiger partial charge is 0.336 e. The van der Waals surface area contributed by atoms with Crippen molar-refractivity contribution in [3.05, 3.63) is 48.3 Å². The minimum absolute atomic E-state index is 0.863. The molecule has 1 N–H and O–H groups in total. The van der Waals surface area contributed by atoms with Gasteiger partial charge in [-0.15, -0.1) is 0 Å². The Hall–Kier alpha value is -1.68. The molecule has 0 amide bonds. The number of hydrogen-bond donors (Lipinski definition) is 1. The SMILES string of the molecule is Cc1ccc(CNCCn2ccnc2)cn1. The van der Waals surface area contributed by atoms with Gasteiger partial charge < -0.3 is 9.88 Å². The zero-order chi connectivity index (χ0) is 11.2. The van der Waals surface area contributed by atoms with Crippen LogP contribution in [0.4, 0.5) is 0 Å². The van der Waals surface area contributed by atoms with E-state index >= 15 is 0 Å². The van der Waals surface area contributed by atoms with E-state index in [9.17, 15) is 0 Å². The summed E-state index contributed by atoms with van der Waals surface area (Å²) in [5.74, 6) is 0. The molecule has 0 bridgehead atoms. The molecule has 0 aliphatic carbocycles. The van der Waals surface area contributed by atoms with Gasteiger partial charge in [-0.2, -0.15) is 0 Å². The van der Waals surface area contributed by atoms with Gasteiger partial charge in [0.1, 0.15) is 0 Å². The minimum atomic E-state index is 0.863. The van der Waals surface area contributed by atoms with Crippen LogP contribution in [0.1, 0.15) is 11.3 Å². The predicted molar refractivity (Wildman–Crippen MR) is 62.9 cm³/mol. The summed E-state index contributed by atoms with van der Waals surface area (Å²) in [5, 5.41) is 3.37. The Kier molecular flexibility index (Phi) is 3.66. The summed E-state index contributed by atoms with van der Waals surface area (Å²) in [5.41, 5.74) is 2.28. The number of aryl methyl sites for hydroxylation is 1. The lowest BCUT2D eigenvalue weighted by molar-refractivity contribution is 0.596. The van der Waals surface area contributed by atoms with Gasteiger partial charge >= 0.3 is 0 Å². The summed E-state index contributed by atoms with van der Waals surface area (Å²) >= 11 is 0. The molecule has 0 saturated carbocycles. The highest BCUT2D eigenvalue weighted by Gasteiger charge is 1.93. The quantitative estimate of drug-likeness (QED) is 0.768. The van der Waals surface area contributed by atoms with Crippen molar-refractivity contribution in [2.45, 2.75) is 20.0 Å². The van der Waals surface area contributed by atoms with Crippen LogP contribution in [0.15, 0.2) is 37.1 Å². The first-order valence-corrected chi connectivity index (χ1v) is 5.42. The lowest BCUT2D eigenvalue weighted by Crippen LogP contribution is -2.19. The van der Waals surface area contributed by atoms with Gasteiger partial charge in [-0.1, -0.05) is 6.07 Å². The fourth-order valence-corrected chi connectivity index (χ4v) is 1.46. The van der Waals surface area contributed by atoms with E-state index < -0.39 is 0 Å². The van der Waals surface area contributed by atoms with Crippen molar-refractivity contribution >= 4 is 0 Å². The van der Waals surface area contributed by atoms with Crippen LogP contribution in [0.2, 0.25) is 0 Å². The maximum absolute atomic E-state index is 4.25. The molecule has 0 atom stereocenters. The molecular weight excluding hydrogens is 200 g/mol. The second-order valence-corrected chi connectivity index (χ2v) is 3.79. The van der Waals surface area contributed by atoms with E-state index in [2.05, 4.69) is 25.9 Å². The van der Waals surface area contributed by atoms with E-state index in [1.165, 1.54) is 5.56 Å². The zero-order valence-electron chi connectivity index (χ0n) is 9.43. The van der Waals surface area contributed by atoms with Gasteiger partial charge in [0.05, 0.1) is 6.33 Å². The van der Waals surface area contributed by atoms with Crippen molar-refractivity contribution in [1.82, 2.24) is 19.9 Å². The zero-order valence-corrected chi connectivity index (χ0v) is 9.43. The van der Waals surface area contributed by atoms with E-state index in [0.717, 1.165) is 25.3 Å². The Labute approximate surface area is 95.4 Å². The Morgan fingerprint density at radius 2 is 2.31 bits per heavy atom. The van der Waals surface area contributed by atoms with Crippen LogP contribution in [0.3, 0.4) is 0 Å². The molecule has 16 heavy (non-hydrogen) atoms. The molecule has 0 aliphatic rings. The van der Waals surface area contributed by atoms with Gasteiger partial charge in [-0.25, -0.2) is 4.98 Å². The van der Waals surface area contributed by atoms with Crippen LogP contribution in [-0.4, -0.2) is 21.1 Å². The Balaban J connectivity index is 1.70. The van der Waals surface area contributed by atoms with E-state index in [1.807, 2.05) is 31.7 Å². The first-order valence-electron chi connectivity index (χ1n) is 5.42. The van der Waals surface area contributed by atoms with Gasteiger partial charge in [-0.3, -0.25) is 4.98 Å². The molecule has 4 nitrogen and oxygen atoms in total. The third kappa shape index (κ3) is 3.17. The fraction of sp³-hybridized carbons (Fsp3) is 0.333. The standard InChI is InChI=1S/C12H16N4/c1-11-2-3-12(9-15-11)8-13-4-6-16-7-5-14-10-16/h2-3,5,7,9-10,13H,4,6,8H2,1H3. The van der Waals surface area contributed by atoms with Crippen LogP contribution in [-0.2, 0) is 13.1 Å². The highest BCUT2D eigenvalue weighted by atomic mass is 15.0. The van der Waals surface area contributed by atoms with Crippen molar-refractivity contribution in [3.63, 3.8) is 0 Å². The molecule has 2 rings (SSSR count). The summed E-state index contributed by atoms with van der Waals surface area (Å²) in [7, 11) is 0. The lowest BCUT2D eigenvalue weighted by Gasteiger charge is -2.05. The van der Waals surface area contributed by atoms with Crippen molar-refractivity contribution in [3.8, 4) is 0 Å². The van der Waals surface area contributed by atoms with Gasteiger partial charge in [0.2, 0.25) is 0 Å². The summed E-state index contributed by atoms with van der Waals surface area (Å²) < 4.78 is 2.06. The van der Waals surface area contributed by atoms with Gasteiger partial charge in [0.15, 0.2) is 0 Å². The molecule has 0 aliphatic heterocycles. The number of nitrogens with zero attached hydrogens (tertiary/aromatic N) is 3. The monoisotopic (exact) mass is 216 g/mol. The molecule has 2 heterocycles. The van der Waals surface area contributed by atoms with E-state index in [1.54, 1.807) is 6.20 Å². The normalized spacial score (nSPS) is 10.6. The molecule has 0 radical (unpaired) electrons. The molecule has 0 spiro atoms. The third-order valence-corrected chi connectivity index (χ3v) is 2.41. The Morgan fingerprint density at radius 3 is 3.00 bits per heavy atom. The number of aromatic nitrogens is 3. The second-order valence-electron chi connectivity index (χ2n) is 3.79. The maximum atomic E-state index is 4.25. The summed E-state index contributed by atoms with van der Waals surface area (Å²) in [4.78, 5) is 8.25. The minimum Gasteiger partial charge on any atom is -0.336 e. The first kappa shape index (κ1) is 10.8. The first-order chi connectivity index (χ1) is 7.84. The van der Waals surface area contributed by atoms with Gasteiger partial charge in [-0.05, 0) is 18.6 Å². The molecule has 0 saturated heterocycles. The molecule has 4 heteroatoms. The van der Waals surface area contributed by atoms with E-state index in [4.69, 9.17) is 0 Å². The average molecular weight is 216 g/mol. The van der Waals surface area contributed by atoms with E-state index in [0.29, 0.717) is 0 Å². The van der Waals surface area contributed by atoms with Gasteiger partial charge in [0, 0.05) is 43.9 Å². The van der Waals surface area contributed by atoms with Crippen molar-refractivity contribution in [1.29, 1.82) is 0 Å². The highest BCUT2D eigenvalue weighted by Crippen LogP contribution is 1.98. The topological polar surface area (TPSA) is 42.7 Å². The molecule has 0 unspecified atom stereocenters. The smallest absolute Gasteiger partial charge is 0.0946 e. The van der Waals surface area contributed by atoms with E-state index in [-0.39, 0.29) is 0 Å². The van der Waals surface area contributed by atoms with Crippen molar-refractivity contribution in [2.75, 3.05) is 6.54 Å². The van der Waals surface area contributed by atoms with Crippen LogP contribution in [0.25, 0.3) is 0 Å². The molecule has 0 aromatic carbocycles. The third-order valence-electron chi connectivity index (χ3n) is 2.41. The number of pyridine rings is 1. The highest BCUT2D eigenvalue weighted by molar-refractivity contribution is 5.12. The number of hydrogen-bond acceptors (Lipinski definition) is 3. The molecule has 2 aromatic heterocycles. The molecular formula is C12H16N4. The summed E-state index contributed by atoms with van der Waals surface area (Å²) in [6.45, 7) is 4.74.